The fourth-order valence-electron chi connectivity index (χ4n) is 3.36. The van der Waals surface area contributed by atoms with Crippen LogP contribution in [0.5, 0.6) is 0 Å². The second-order valence-corrected chi connectivity index (χ2v) is 6.62. The lowest BCUT2D eigenvalue weighted by Gasteiger charge is -2.41. The first-order valence-corrected chi connectivity index (χ1v) is 7.76. The van der Waals surface area contributed by atoms with Crippen molar-refractivity contribution in [1.29, 1.82) is 0 Å². The molecular weight excluding hydrogens is 232 g/mol. The summed E-state index contributed by atoms with van der Waals surface area (Å²) in [4.78, 5) is 2.75. The van der Waals surface area contributed by atoms with Gasteiger partial charge in [0.25, 0.3) is 0 Å². The molecule has 0 radical (unpaired) electrons. The minimum atomic E-state index is 0.509. The topological polar surface area (TPSA) is 15.3 Å². The summed E-state index contributed by atoms with van der Waals surface area (Å²) >= 11 is 0. The van der Waals surface area contributed by atoms with E-state index in [2.05, 4.69) is 54.4 Å². The third-order valence-electron chi connectivity index (χ3n) is 4.43. The van der Waals surface area contributed by atoms with Crippen LogP contribution in [0.1, 0.15) is 38.3 Å². The van der Waals surface area contributed by atoms with E-state index in [4.69, 9.17) is 0 Å². The first kappa shape index (κ1) is 13.1. The molecule has 2 fully saturated rings. The summed E-state index contributed by atoms with van der Waals surface area (Å²) in [6.45, 7) is 8.25. The van der Waals surface area contributed by atoms with Crippen molar-refractivity contribution < 1.29 is 0 Å². The highest BCUT2D eigenvalue weighted by molar-refractivity contribution is 5.20. The van der Waals surface area contributed by atoms with Crippen LogP contribution in [0.2, 0.25) is 0 Å². The summed E-state index contributed by atoms with van der Waals surface area (Å²) in [7, 11) is 0. The number of hydrogen-bond acceptors (Lipinski definition) is 2. The Morgan fingerprint density at radius 1 is 1.21 bits per heavy atom. The van der Waals surface area contributed by atoms with Gasteiger partial charge in [0.05, 0.1) is 0 Å². The Kier molecular flexibility index (Phi) is 3.90. The largest absolute Gasteiger partial charge is 0.307 e. The van der Waals surface area contributed by atoms with Crippen molar-refractivity contribution in [3.63, 3.8) is 0 Å². The maximum Gasteiger partial charge on any atom is 0.0449 e. The molecular formula is C17H26N2. The molecule has 1 aliphatic carbocycles. The molecule has 104 valence electrons. The Morgan fingerprint density at radius 3 is 2.58 bits per heavy atom. The van der Waals surface area contributed by atoms with Crippen molar-refractivity contribution in [2.45, 2.75) is 38.8 Å². The van der Waals surface area contributed by atoms with Crippen LogP contribution in [-0.2, 0) is 0 Å². The summed E-state index contributed by atoms with van der Waals surface area (Å²) in [6.07, 6.45) is 2.88. The second kappa shape index (κ2) is 5.64. The molecule has 2 unspecified atom stereocenters. The molecule has 1 N–H and O–H groups in total. The highest BCUT2D eigenvalue weighted by atomic mass is 15.2. The summed E-state index contributed by atoms with van der Waals surface area (Å²) in [5.74, 6) is 1.72. The summed E-state index contributed by atoms with van der Waals surface area (Å²) in [6, 6.07) is 12.2. The standard InChI is InChI=1S/C17H26N2/c1-13(2)11-19-12-16(14-6-4-3-5-7-14)18-10-17(19)15-8-9-15/h3-7,13,15-18H,8-12H2,1-2H3. The molecule has 2 aliphatic rings. The molecule has 2 heteroatoms. The third kappa shape index (κ3) is 3.18. The number of rotatable bonds is 4. The van der Waals surface area contributed by atoms with Gasteiger partial charge in [-0.3, -0.25) is 4.90 Å². The maximum atomic E-state index is 3.77. The van der Waals surface area contributed by atoms with Gasteiger partial charge in [-0.15, -0.1) is 0 Å². The molecule has 19 heavy (non-hydrogen) atoms. The van der Waals surface area contributed by atoms with E-state index in [9.17, 15) is 0 Å². The molecule has 0 aromatic heterocycles. The lowest BCUT2D eigenvalue weighted by Crippen LogP contribution is -2.54. The zero-order chi connectivity index (χ0) is 13.2. The van der Waals surface area contributed by atoms with Crippen LogP contribution in [0.15, 0.2) is 30.3 Å². The molecule has 1 saturated heterocycles. The van der Waals surface area contributed by atoms with Crippen molar-refractivity contribution in [3.8, 4) is 0 Å². The monoisotopic (exact) mass is 258 g/mol. The average Bonchev–Trinajstić information content (AvgIpc) is 3.23. The molecule has 1 heterocycles. The zero-order valence-corrected chi connectivity index (χ0v) is 12.2. The maximum absolute atomic E-state index is 3.77. The van der Waals surface area contributed by atoms with Crippen molar-refractivity contribution in [2.75, 3.05) is 19.6 Å². The van der Waals surface area contributed by atoms with Gasteiger partial charge in [-0.2, -0.15) is 0 Å². The van der Waals surface area contributed by atoms with Crippen LogP contribution in [0.3, 0.4) is 0 Å². The van der Waals surface area contributed by atoms with E-state index < -0.39 is 0 Å². The molecule has 0 spiro atoms. The molecule has 1 saturated carbocycles. The minimum Gasteiger partial charge on any atom is -0.307 e. The molecule has 2 nitrogen and oxygen atoms in total. The van der Waals surface area contributed by atoms with Crippen LogP contribution < -0.4 is 5.32 Å². The number of nitrogens with zero attached hydrogens (tertiary/aromatic N) is 1. The van der Waals surface area contributed by atoms with Crippen molar-refractivity contribution in [3.05, 3.63) is 35.9 Å². The van der Waals surface area contributed by atoms with Crippen molar-refractivity contribution in [1.82, 2.24) is 10.2 Å². The van der Waals surface area contributed by atoms with Crippen LogP contribution in [0, 0.1) is 11.8 Å². The van der Waals surface area contributed by atoms with E-state index in [-0.39, 0.29) is 0 Å². The van der Waals surface area contributed by atoms with Crippen LogP contribution >= 0.6 is 0 Å². The van der Waals surface area contributed by atoms with E-state index in [0.29, 0.717) is 6.04 Å². The van der Waals surface area contributed by atoms with Gasteiger partial charge >= 0.3 is 0 Å². The smallest absolute Gasteiger partial charge is 0.0449 e. The van der Waals surface area contributed by atoms with Gasteiger partial charge in [0.15, 0.2) is 0 Å². The lowest BCUT2D eigenvalue weighted by molar-refractivity contribution is 0.101. The number of hydrogen-bond donors (Lipinski definition) is 1. The summed E-state index contributed by atoms with van der Waals surface area (Å²) in [5.41, 5.74) is 1.44. The van der Waals surface area contributed by atoms with E-state index in [1.165, 1.54) is 31.5 Å². The Balaban J connectivity index is 1.70. The Hall–Kier alpha value is -0.860. The van der Waals surface area contributed by atoms with E-state index in [1.54, 1.807) is 0 Å². The SMILES string of the molecule is CC(C)CN1CC(c2ccccc2)NCC1C1CC1. The van der Waals surface area contributed by atoms with Crippen LogP contribution in [0.25, 0.3) is 0 Å². The summed E-state index contributed by atoms with van der Waals surface area (Å²) < 4.78 is 0. The highest BCUT2D eigenvalue weighted by Gasteiger charge is 2.38. The Labute approximate surface area is 117 Å². The van der Waals surface area contributed by atoms with Gasteiger partial charge in [-0.05, 0) is 30.2 Å². The predicted octanol–water partition coefficient (Wildman–Crippen LogP) is 3.07. The molecule has 0 amide bonds. The van der Waals surface area contributed by atoms with Crippen LogP contribution in [0.4, 0.5) is 0 Å². The molecule has 1 aromatic carbocycles. The van der Waals surface area contributed by atoms with E-state index >= 15 is 0 Å². The predicted molar refractivity (Wildman–Crippen MR) is 80.1 cm³/mol. The van der Waals surface area contributed by atoms with E-state index in [1.807, 2.05) is 0 Å². The molecule has 3 rings (SSSR count). The molecule has 1 aromatic rings. The molecule has 2 atom stereocenters. The average molecular weight is 258 g/mol. The first-order chi connectivity index (χ1) is 9.24. The first-order valence-electron chi connectivity index (χ1n) is 7.76. The lowest BCUT2D eigenvalue weighted by atomic mass is 9.98. The van der Waals surface area contributed by atoms with Gasteiger partial charge in [0, 0.05) is 31.7 Å². The van der Waals surface area contributed by atoms with Gasteiger partial charge < -0.3 is 5.32 Å². The van der Waals surface area contributed by atoms with Gasteiger partial charge in [-0.25, -0.2) is 0 Å². The number of piperazine rings is 1. The zero-order valence-electron chi connectivity index (χ0n) is 12.2. The molecule has 1 aliphatic heterocycles. The van der Waals surface area contributed by atoms with Gasteiger partial charge in [0.1, 0.15) is 0 Å². The highest BCUT2D eigenvalue weighted by Crippen LogP contribution is 2.37. The molecule has 0 bridgehead atoms. The number of nitrogens with one attached hydrogen (secondary N) is 1. The van der Waals surface area contributed by atoms with E-state index in [0.717, 1.165) is 24.4 Å². The fourth-order valence-corrected chi connectivity index (χ4v) is 3.36. The minimum absolute atomic E-state index is 0.509. The van der Waals surface area contributed by atoms with Gasteiger partial charge in [0.2, 0.25) is 0 Å². The van der Waals surface area contributed by atoms with Crippen molar-refractivity contribution >= 4 is 0 Å². The summed E-state index contributed by atoms with van der Waals surface area (Å²) in [5, 5.41) is 3.77. The van der Waals surface area contributed by atoms with Crippen LogP contribution in [-0.4, -0.2) is 30.6 Å². The normalized spacial score (nSPS) is 28.8. The Morgan fingerprint density at radius 2 is 1.95 bits per heavy atom. The fraction of sp³-hybridized carbons (Fsp3) is 0.647. The quantitative estimate of drug-likeness (QED) is 0.893. The Bertz CT molecular complexity index is 397. The number of benzene rings is 1. The third-order valence-corrected chi connectivity index (χ3v) is 4.43. The van der Waals surface area contributed by atoms with Gasteiger partial charge in [-0.1, -0.05) is 44.2 Å². The second-order valence-electron chi connectivity index (χ2n) is 6.62. The van der Waals surface area contributed by atoms with Crippen molar-refractivity contribution in [2.24, 2.45) is 11.8 Å².